The molecule has 5 nitrogen and oxygen atoms in total. The molecule has 1 aromatic carbocycles. The van der Waals surface area contributed by atoms with E-state index in [9.17, 15) is 4.79 Å². The van der Waals surface area contributed by atoms with Crippen LogP contribution in [0.1, 0.15) is 36.7 Å². The molecule has 0 radical (unpaired) electrons. The lowest BCUT2D eigenvalue weighted by Crippen LogP contribution is -2.13. The second-order valence-corrected chi connectivity index (χ2v) is 6.38. The zero-order valence-electron chi connectivity index (χ0n) is 13.1. The van der Waals surface area contributed by atoms with Crippen LogP contribution >= 0.6 is 0 Å². The Morgan fingerprint density at radius 2 is 1.96 bits per heavy atom. The molecule has 2 aliphatic carbocycles. The number of H-pyrrole nitrogens is 1. The summed E-state index contributed by atoms with van der Waals surface area (Å²) < 4.78 is 11.0. The number of carbonyl (C=O) groups excluding carboxylic acids is 1. The highest BCUT2D eigenvalue weighted by Gasteiger charge is 2.46. The fourth-order valence-electron chi connectivity index (χ4n) is 3.44. The number of hydrogen-bond acceptors (Lipinski definition) is 4. The summed E-state index contributed by atoms with van der Waals surface area (Å²) >= 11 is 0. The predicted molar refractivity (Wildman–Crippen MR) is 85.2 cm³/mol. The minimum Gasteiger partial charge on any atom is -0.490 e. The Bertz CT molecular complexity index is 697. The molecule has 1 N–H and O–H groups in total. The number of fused-ring (bicyclic) bond motifs is 1. The van der Waals surface area contributed by atoms with Crippen LogP contribution in [0.15, 0.2) is 30.3 Å². The largest absolute Gasteiger partial charge is 0.490 e. The first-order valence-corrected chi connectivity index (χ1v) is 8.22. The Morgan fingerprint density at radius 1 is 1.22 bits per heavy atom. The van der Waals surface area contributed by atoms with Crippen molar-refractivity contribution in [2.45, 2.75) is 32.3 Å². The normalized spacial score (nSPS) is 25.0. The third-order valence-electron chi connectivity index (χ3n) is 4.73. The van der Waals surface area contributed by atoms with E-state index >= 15 is 0 Å². The van der Waals surface area contributed by atoms with Gasteiger partial charge in [0.2, 0.25) is 0 Å². The van der Waals surface area contributed by atoms with E-state index in [-0.39, 0.29) is 5.97 Å². The minimum absolute atomic E-state index is 0.349. The highest BCUT2D eigenvalue weighted by molar-refractivity contribution is 5.88. The molecule has 2 aromatic rings. The number of esters is 1. The molecule has 23 heavy (non-hydrogen) atoms. The molecule has 1 heterocycles. The Labute approximate surface area is 135 Å². The summed E-state index contributed by atoms with van der Waals surface area (Å²) in [7, 11) is 0. The minimum atomic E-state index is -0.383. The van der Waals surface area contributed by atoms with E-state index in [1.165, 1.54) is 19.3 Å². The SMILES string of the molecule is CCOC(=O)c1cc(-c2ccc(OC3CC4CC4C3)cc2)n[nH]1. The summed E-state index contributed by atoms with van der Waals surface area (Å²) in [6.07, 6.45) is 4.19. The van der Waals surface area contributed by atoms with Crippen LogP contribution in [0.2, 0.25) is 0 Å². The van der Waals surface area contributed by atoms with Gasteiger partial charge in [0.25, 0.3) is 0 Å². The Balaban J connectivity index is 1.42. The maximum atomic E-state index is 11.7. The van der Waals surface area contributed by atoms with Gasteiger partial charge in [-0.2, -0.15) is 5.10 Å². The Morgan fingerprint density at radius 3 is 2.65 bits per heavy atom. The van der Waals surface area contributed by atoms with Gasteiger partial charge in [0.05, 0.1) is 18.4 Å². The summed E-state index contributed by atoms with van der Waals surface area (Å²) in [5.74, 6) is 2.36. The van der Waals surface area contributed by atoms with Crippen molar-refractivity contribution < 1.29 is 14.3 Å². The maximum absolute atomic E-state index is 11.7. The third kappa shape index (κ3) is 2.96. The van der Waals surface area contributed by atoms with Crippen LogP contribution in [0.3, 0.4) is 0 Å². The van der Waals surface area contributed by atoms with E-state index in [1.54, 1.807) is 13.0 Å². The lowest BCUT2D eigenvalue weighted by atomic mass is 10.1. The van der Waals surface area contributed by atoms with E-state index in [0.717, 1.165) is 28.8 Å². The smallest absolute Gasteiger partial charge is 0.356 e. The van der Waals surface area contributed by atoms with Crippen molar-refractivity contribution in [1.29, 1.82) is 0 Å². The molecule has 2 fully saturated rings. The van der Waals surface area contributed by atoms with Crippen molar-refractivity contribution in [2.75, 3.05) is 6.61 Å². The fraction of sp³-hybridized carbons (Fsp3) is 0.444. The van der Waals surface area contributed by atoms with Crippen LogP contribution in [0.4, 0.5) is 0 Å². The van der Waals surface area contributed by atoms with Crippen molar-refractivity contribution in [3.8, 4) is 17.0 Å². The molecule has 1 aromatic heterocycles. The summed E-state index contributed by atoms with van der Waals surface area (Å²) in [5, 5.41) is 6.89. The van der Waals surface area contributed by atoms with Crippen LogP contribution in [-0.2, 0) is 4.74 Å². The monoisotopic (exact) mass is 312 g/mol. The lowest BCUT2D eigenvalue weighted by molar-refractivity contribution is 0.0519. The molecule has 0 aliphatic heterocycles. The van der Waals surface area contributed by atoms with Gasteiger partial charge in [0.15, 0.2) is 0 Å². The lowest BCUT2D eigenvalue weighted by Gasteiger charge is -2.15. The van der Waals surface area contributed by atoms with Crippen LogP contribution in [0, 0.1) is 11.8 Å². The van der Waals surface area contributed by atoms with Gasteiger partial charge in [-0.3, -0.25) is 5.10 Å². The molecule has 0 bridgehead atoms. The van der Waals surface area contributed by atoms with Gasteiger partial charge in [-0.05, 0) is 68.4 Å². The standard InChI is InChI=1S/C18H20N2O3/c1-2-22-18(21)17-10-16(19-20-17)11-3-5-14(6-4-11)23-15-8-12-7-13(12)9-15/h3-6,10,12-13,15H,2,7-9H2,1H3,(H,19,20). The number of aromatic nitrogens is 2. The number of carbonyl (C=O) groups is 1. The molecule has 2 saturated carbocycles. The molecule has 0 spiro atoms. The molecule has 2 atom stereocenters. The van der Waals surface area contributed by atoms with Crippen molar-refractivity contribution in [2.24, 2.45) is 11.8 Å². The zero-order valence-corrected chi connectivity index (χ0v) is 13.1. The Kier molecular flexibility index (Phi) is 3.56. The average molecular weight is 312 g/mol. The molecule has 2 unspecified atom stereocenters. The van der Waals surface area contributed by atoms with Gasteiger partial charge in [-0.1, -0.05) is 0 Å². The van der Waals surface area contributed by atoms with Crippen molar-refractivity contribution in [1.82, 2.24) is 10.2 Å². The van der Waals surface area contributed by atoms with E-state index in [0.29, 0.717) is 18.4 Å². The first-order chi connectivity index (χ1) is 11.2. The van der Waals surface area contributed by atoms with E-state index in [2.05, 4.69) is 10.2 Å². The number of aromatic amines is 1. The van der Waals surface area contributed by atoms with Gasteiger partial charge >= 0.3 is 5.97 Å². The van der Waals surface area contributed by atoms with E-state index in [1.807, 2.05) is 24.3 Å². The Hall–Kier alpha value is -2.30. The van der Waals surface area contributed by atoms with Gasteiger partial charge < -0.3 is 9.47 Å². The van der Waals surface area contributed by atoms with Crippen molar-refractivity contribution >= 4 is 5.97 Å². The molecular weight excluding hydrogens is 292 g/mol. The van der Waals surface area contributed by atoms with E-state index < -0.39 is 0 Å². The predicted octanol–water partition coefficient (Wildman–Crippen LogP) is 3.43. The van der Waals surface area contributed by atoms with Gasteiger partial charge in [-0.25, -0.2) is 4.79 Å². The average Bonchev–Trinajstić information content (AvgIpc) is 2.99. The van der Waals surface area contributed by atoms with Crippen LogP contribution in [-0.4, -0.2) is 28.9 Å². The van der Waals surface area contributed by atoms with Gasteiger partial charge in [0, 0.05) is 5.56 Å². The number of nitrogens with one attached hydrogen (secondary N) is 1. The van der Waals surface area contributed by atoms with Gasteiger partial charge in [-0.15, -0.1) is 0 Å². The number of ether oxygens (including phenoxy) is 2. The second kappa shape index (κ2) is 5.72. The first kappa shape index (κ1) is 14.3. The summed E-state index contributed by atoms with van der Waals surface area (Å²) in [5.41, 5.74) is 2.03. The zero-order chi connectivity index (χ0) is 15.8. The van der Waals surface area contributed by atoms with Crippen molar-refractivity contribution in [3.63, 3.8) is 0 Å². The third-order valence-corrected chi connectivity index (χ3v) is 4.73. The molecule has 4 rings (SSSR count). The molecule has 2 aliphatic rings. The van der Waals surface area contributed by atoms with E-state index in [4.69, 9.17) is 9.47 Å². The van der Waals surface area contributed by atoms with Crippen LogP contribution in [0.5, 0.6) is 5.75 Å². The summed E-state index contributed by atoms with van der Waals surface area (Å²) in [4.78, 5) is 11.7. The number of hydrogen-bond donors (Lipinski definition) is 1. The van der Waals surface area contributed by atoms with Crippen LogP contribution < -0.4 is 4.74 Å². The summed E-state index contributed by atoms with van der Waals surface area (Å²) in [6.45, 7) is 2.13. The number of benzene rings is 1. The first-order valence-electron chi connectivity index (χ1n) is 8.22. The highest BCUT2D eigenvalue weighted by atomic mass is 16.5. The molecular formula is C18H20N2O3. The quantitative estimate of drug-likeness (QED) is 0.859. The van der Waals surface area contributed by atoms with Crippen LogP contribution in [0.25, 0.3) is 11.3 Å². The highest BCUT2D eigenvalue weighted by Crippen LogP contribution is 2.52. The molecule has 5 heteroatoms. The number of rotatable bonds is 5. The van der Waals surface area contributed by atoms with Crippen molar-refractivity contribution in [3.05, 3.63) is 36.0 Å². The second-order valence-electron chi connectivity index (χ2n) is 6.38. The fourth-order valence-corrected chi connectivity index (χ4v) is 3.44. The molecule has 0 amide bonds. The number of nitrogens with zero attached hydrogens (tertiary/aromatic N) is 1. The topological polar surface area (TPSA) is 64.2 Å². The van der Waals surface area contributed by atoms with Gasteiger partial charge in [0.1, 0.15) is 11.4 Å². The molecule has 0 saturated heterocycles. The molecule has 120 valence electrons. The summed E-state index contributed by atoms with van der Waals surface area (Å²) in [6, 6.07) is 9.58. The maximum Gasteiger partial charge on any atom is 0.356 e.